The van der Waals surface area contributed by atoms with E-state index in [1.165, 1.54) is 35.8 Å². The maximum Gasteiger partial charge on any atom is 0.275 e. The summed E-state index contributed by atoms with van der Waals surface area (Å²) in [4.78, 5) is 56.4. The minimum absolute atomic E-state index is 0.116. The molecule has 2 N–H and O–H groups in total. The van der Waals surface area contributed by atoms with E-state index in [2.05, 4.69) is 0 Å². The second-order valence-corrected chi connectivity index (χ2v) is 8.80. The Hall–Kier alpha value is -4.09. The molecule has 0 spiro atoms. The first-order valence-electron chi connectivity index (χ1n) is 11.6. The number of aromatic nitrogens is 1. The molecule has 2 aromatic rings. The molecule has 1 aromatic heterocycles. The Kier molecular flexibility index (Phi) is 6.86. The van der Waals surface area contributed by atoms with Crippen LogP contribution in [0.3, 0.4) is 0 Å². The highest BCUT2D eigenvalue weighted by atomic mass is 19.1. The van der Waals surface area contributed by atoms with Crippen LogP contribution in [0.4, 0.5) is 4.39 Å². The van der Waals surface area contributed by atoms with Gasteiger partial charge in [-0.25, -0.2) is 4.39 Å². The molecular formula is C24H28FN5O6. The van der Waals surface area contributed by atoms with Gasteiger partial charge in [-0.1, -0.05) is 0 Å². The van der Waals surface area contributed by atoms with Crippen molar-refractivity contribution in [2.75, 3.05) is 52.4 Å². The lowest BCUT2D eigenvalue weighted by molar-refractivity contribution is -0.131. The Morgan fingerprint density at radius 1 is 0.639 bits per heavy atom. The first-order chi connectivity index (χ1) is 17.1. The third kappa shape index (κ3) is 4.58. The van der Waals surface area contributed by atoms with Gasteiger partial charge in [0.15, 0.2) is 22.9 Å². The summed E-state index contributed by atoms with van der Waals surface area (Å²) in [6, 6.07) is 4.96. The molecule has 11 nitrogen and oxygen atoms in total. The summed E-state index contributed by atoms with van der Waals surface area (Å²) in [6.07, 6.45) is 0. The van der Waals surface area contributed by atoms with E-state index in [1.54, 1.807) is 9.80 Å². The number of piperazine rings is 2. The van der Waals surface area contributed by atoms with E-state index in [4.69, 9.17) is 0 Å². The van der Waals surface area contributed by atoms with Crippen molar-refractivity contribution in [2.45, 2.75) is 13.8 Å². The van der Waals surface area contributed by atoms with Crippen molar-refractivity contribution in [1.82, 2.24) is 24.2 Å². The van der Waals surface area contributed by atoms with Gasteiger partial charge in [0, 0.05) is 71.9 Å². The zero-order valence-electron chi connectivity index (χ0n) is 20.1. The van der Waals surface area contributed by atoms with Crippen molar-refractivity contribution in [3.8, 4) is 17.2 Å². The molecule has 0 radical (unpaired) electrons. The van der Waals surface area contributed by atoms with E-state index in [0.29, 0.717) is 26.2 Å². The zero-order valence-corrected chi connectivity index (χ0v) is 20.1. The Morgan fingerprint density at radius 2 is 0.972 bits per heavy atom. The van der Waals surface area contributed by atoms with Crippen LogP contribution in [0.1, 0.15) is 34.8 Å². The SMILES string of the molecule is CC(=O)N1CCN(C(=O)c2c(O)c(O)c(C(=O)N3CCN(C(C)=O)CC3)n2-c2ccc(F)cc2)CC1. The van der Waals surface area contributed by atoms with Gasteiger partial charge in [-0.15, -0.1) is 0 Å². The number of hydrogen-bond acceptors (Lipinski definition) is 6. The van der Waals surface area contributed by atoms with Gasteiger partial charge in [-0.2, -0.15) is 0 Å². The third-order valence-corrected chi connectivity index (χ3v) is 6.63. The second kappa shape index (κ2) is 9.88. The van der Waals surface area contributed by atoms with Crippen LogP contribution in [0, 0.1) is 5.82 Å². The lowest BCUT2D eigenvalue weighted by Crippen LogP contribution is -2.51. The monoisotopic (exact) mass is 501 g/mol. The van der Waals surface area contributed by atoms with Gasteiger partial charge in [0.25, 0.3) is 11.8 Å². The zero-order chi connectivity index (χ0) is 26.1. The number of benzene rings is 1. The normalized spacial score (nSPS) is 16.3. The fraction of sp³-hybridized carbons (Fsp3) is 0.417. The molecule has 1 aromatic carbocycles. The third-order valence-electron chi connectivity index (χ3n) is 6.63. The fourth-order valence-electron chi connectivity index (χ4n) is 4.54. The van der Waals surface area contributed by atoms with Crippen LogP contribution in [-0.2, 0) is 9.59 Å². The molecule has 2 aliphatic heterocycles. The first kappa shape index (κ1) is 25.0. The molecular weight excluding hydrogens is 473 g/mol. The summed E-state index contributed by atoms with van der Waals surface area (Å²) in [6.45, 7) is 4.88. The van der Waals surface area contributed by atoms with E-state index >= 15 is 0 Å². The number of hydrogen-bond donors (Lipinski definition) is 2. The molecule has 0 aliphatic carbocycles. The molecule has 12 heteroatoms. The number of carbonyl (C=O) groups excluding carboxylic acids is 4. The average molecular weight is 502 g/mol. The van der Waals surface area contributed by atoms with Crippen LogP contribution in [-0.4, -0.2) is 110 Å². The first-order valence-corrected chi connectivity index (χ1v) is 11.6. The van der Waals surface area contributed by atoms with Crippen molar-refractivity contribution in [3.63, 3.8) is 0 Å². The molecule has 0 unspecified atom stereocenters. The number of aromatic hydroxyl groups is 2. The molecule has 2 fully saturated rings. The van der Waals surface area contributed by atoms with Gasteiger partial charge >= 0.3 is 0 Å². The van der Waals surface area contributed by atoms with E-state index in [0.717, 1.165) is 16.7 Å². The minimum atomic E-state index is -0.760. The lowest BCUT2D eigenvalue weighted by atomic mass is 10.2. The molecule has 4 amide bonds. The van der Waals surface area contributed by atoms with E-state index in [-0.39, 0.29) is 55.1 Å². The topological polar surface area (TPSA) is 127 Å². The predicted octanol–water partition coefficient (Wildman–Crippen LogP) is 0.636. The fourth-order valence-corrected chi connectivity index (χ4v) is 4.54. The van der Waals surface area contributed by atoms with Gasteiger partial charge in [0.2, 0.25) is 11.8 Å². The lowest BCUT2D eigenvalue weighted by Gasteiger charge is -2.35. The average Bonchev–Trinajstić information content (AvgIpc) is 3.14. The van der Waals surface area contributed by atoms with Crippen molar-refractivity contribution >= 4 is 23.6 Å². The number of halogens is 1. The van der Waals surface area contributed by atoms with E-state index < -0.39 is 29.1 Å². The molecule has 0 atom stereocenters. The molecule has 2 aliphatic rings. The van der Waals surface area contributed by atoms with Gasteiger partial charge in [0.05, 0.1) is 0 Å². The summed E-state index contributed by atoms with van der Waals surface area (Å²) >= 11 is 0. The van der Waals surface area contributed by atoms with Crippen molar-refractivity contribution in [3.05, 3.63) is 41.5 Å². The van der Waals surface area contributed by atoms with Crippen molar-refractivity contribution in [1.29, 1.82) is 0 Å². The molecule has 0 saturated carbocycles. The maximum atomic E-state index is 13.7. The summed E-state index contributed by atoms with van der Waals surface area (Å²) in [5, 5.41) is 21.7. The highest BCUT2D eigenvalue weighted by Gasteiger charge is 2.37. The molecule has 3 heterocycles. The van der Waals surface area contributed by atoms with Gasteiger partial charge < -0.3 is 29.8 Å². The number of carbonyl (C=O) groups is 4. The van der Waals surface area contributed by atoms with Crippen LogP contribution in [0.5, 0.6) is 11.5 Å². The van der Waals surface area contributed by atoms with Crippen molar-refractivity contribution in [2.24, 2.45) is 0 Å². The largest absolute Gasteiger partial charge is 0.503 e. The van der Waals surface area contributed by atoms with E-state index in [1.807, 2.05) is 0 Å². The maximum absolute atomic E-state index is 13.7. The van der Waals surface area contributed by atoms with Gasteiger partial charge in [-0.3, -0.25) is 23.7 Å². The highest BCUT2D eigenvalue weighted by Crippen LogP contribution is 2.40. The van der Waals surface area contributed by atoms with Crippen LogP contribution >= 0.6 is 0 Å². The Morgan fingerprint density at radius 3 is 1.31 bits per heavy atom. The number of rotatable bonds is 3. The standard InChI is InChI=1S/C24H28FN5O6/c1-15(31)26-7-11-28(12-8-26)23(35)19-21(33)22(34)20(30(19)18-5-3-17(25)4-6-18)24(36)29-13-9-27(10-14-29)16(2)32/h3-6,33-34H,7-14H2,1-2H3. The van der Waals surface area contributed by atoms with E-state index in [9.17, 15) is 33.8 Å². The molecule has 4 rings (SSSR count). The molecule has 2 saturated heterocycles. The Labute approximate surface area is 206 Å². The Bertz CT molecular complexity index is 1130. The number of amides is 4. The van der Waals surface area contributed by atoms with Gasteiger partial charge in [0.1, 0.15) is 5.82 Å². The van der Waals surface area contributed by atoms with Gasteiger partial charge in [-0.05, 0) is 24.3 Å². The quantitative estimate of drug-likeness (QED) is 0.636. The summed E-state index contributed by atoms with van der Waals surface area (Å²) in [5.74, 6) is -3.58. The van der Waals surface area contributed by atoms with Crippen LogP contribution < -0.4 is 0 Å². The Balaban J connectivity index is 1.73. The van der Waals surface area contributed by atoms with Crippen LogP contribution in [0.25, 0.3) is 5.69 Å². The molecule has 192 valence electrons. The predicted molar refractivity (Wildman–Crippen MR) is 125 cm³/mol. The summed E-state index contributed by atoms with van der Waals surface area (Å²) < 4.78 is 14.8. The summed E-state index contributed by atoms with van der Waals surface area (Å²) in [7, 11) is 0. The second-order valence-electron chi connectivity index (χ2n) is 8.80. The molecule has 36 heavy (non-hydrogen) atoms. The van der Waals surface area contributed by atoms with Crippen LogP contribution in [0.2, 0.25) is 0 Å². The summed E-state index contributed by atoms with van der Waals surface area (Å²) in [5.41, 5.74) is -0.467. The van der Waals surface area contributed by atoms with Crippen LogP contribution in [0.15, 0.2) is 24.3 Å². The minimum Gasteiger partial charge on any atom is -0.503 e. The number of nitrogens with zero attached hydrogens (tertiary/aromatic N) is 5. The van der Waals surface area contributed by atoms with Crippen molar-refractivity contribution < 1.29 is 33.8 Å². The molecule has 0 bridgehead atoms. The smallest absolute Gasteiger partial charge is 0.275 e. The highest BCUT2D eigenvalue weighted by molar-refractivity contribution is 6.04.